The van der Waals surface area contributed by atoms with Gasteiger partial charge < -0.3 is 20.1 Å². The molecular weight excluding hydrogens is 200 g/mol. The summed E-state index contributed by atoms with van der Waals surface area (Å²) in [6.07, 6.45) is 0. The van der Waals surface area contributed by atoms with Crippen LogP contribution in [-0.2, 0) is 9.53 Å². The van der Waals surface area contributed by atoms with Crippen molar-refractivity contribution in [2.45, 2.75) is 0 Å². The van der Waals surface area contributed by atoms with Crippen molar-refractivity contribution in [3.8, 4) is 0 Å². The van der Waals surface area contributed by atoms with Gasteiger partial charge in [0.2, 0.25) is 0 Å². The molecule has 78 valence electrons. The first kappa shape index (κ1) is 12.6. The van der Waals surface area contributed by atoms with Crippen molar-refractivity contribution < 1.29 is 24.9 Å². The maximum absolute atomic E-state index is 10.6. The van der Waals surface area contributed by atoms with E-state index in [0.717, 1.165) is 0 Å². The number of carbonyl (C=O) groups excluding carboxylic acids is 1. The van der Waals surface area contributed by atoms with E-state index in [4.69, 9.17) is 26.9 Å². The SMILES string of the molecule is O=C(CCl)OCC(CO)(CO)CO. The van der Waals surface area contributed by atoms with Crippen LogP contribution >= 0.6 is 11.6 Å². The highest BCUT2D eigenvalue weighted by Gasteiger charge is 2.29. The molecular formula is C7H13ClO5. The molecule has 0 unspecified atom stereocenters. The Kier molecular flexibility index (Phi) is 5.98. The van der Waals surface area contributed by atoms with E-state index >= 15 is 0 Å². The van der Waals surface area contributed by atoms with Crippen molar-refractivity contribution in [2.75, 3.05) is 32.3 Å². The highest BCUT2D eigenvalue weighted by atomic mass is 35.5. The summed E-state index contributed by atoms with van der Waals surface area (Å²) in [7, 11) is 0. The van der Waals surface area contributed by atoms with Gasteiger partial charge >= 0.3 is 5.97 Å². The lowest BCUT2D eigenvalue weighted by Gasteiger charge is -2.26. The summed E-state index contributed by atoms with van der Waals surface area (Å²) in [4.78, 5) is 10.6. The first-order valence-electron chi connectivity index (χ1n) is 3.68. The quantitative estimate of drug-likeness (QED) is 0.378. The largest absolute Gasteiger partial charge is 0.464 e. The molecule has 13 heavy (non-hydrogen) atoms. The number of ether oxygens (including phenoxy) is 1. The van der Waals surface area contributed by atoms with Crippen LogP contribution in [0.25, 0.3) is 0 Å². The van der Waals surface area contributed by atoms with Gasteiger partial charge in [-0.15, -0.1) is 11.6 Å². The summed E-state index contributed by atoms with van der Waals surface area (Å²) in [6, 6.07) is 0. The third-order valence-electron chi connectivity index (χ3n) is 1.65. The average molecular weight is 213 g/mol. The van der Waals surface area contributed by atoms with Crippen LogP contribution in [0.4, 0.5) is 0 Å². The molecule has 0 rings (SSSR count). The van der Waals surface area contributed by atoms with Gasteiger partial charge in [0.1, 0.15) is 12.5 Å². The first-order chi connectivity index (χ1) is 6.14. The summed E-state index contributed by atoms with van der Waals surface area (Å²) in [5.41, 5.74) is -1.18. The molecule has 0 atom stereocenters. The summed E-state index contributed by atoms with van der Waals surface area (Å²) in [5.74, 6) is -0.945. The van der Waals surface area contributed by atoms with Crippen molar-refractivity contribution in [2.24, 2.45) is 5.41 Å². The Morgan fingerprint density at radius 1 is 1.23 bits per heavy atom. The molecule has 0 heterocycles. The van der Waals surface area contributed by atoms with Crippen LogP contribution in [-0.4, -0.2) is 53.6 Å². The van der Waals surface area contributed by atoms with Gasteiger partial charge in [-0.2, -0.15) is 0 Å². The van der Waals surface area contributed by atoms with Crippen LogP contribution < -0.4 is 0 Å². The number of hydrogen-bond acceptors (Lipinski definition) is 5. The molecule has 0 radical (unpaired) electrons. The lowest BCUT2D eigenvalue weighted by Crippen LogP contribution is -2.39. The first-order valence-corrected chi connectivity index (χ1v) is 4.22. The molecule has 0 aromatic carbocycles. The van der Waals surface area contributed by atoms with E-state index in [1.54, 1.807) is 0 Å². The number of alkyl halides is 1. The number of halogens is 1. The van der Waals surface area contributed by atoms with Crippen molar-refractivity contribution in [3.05, 3.63) is 0 Å². The van der Waals surface area contributed by atoms with Crippen LogP contribution in [0.1, 0.15) is 0 Å². The van der Waals surface area contributed by atoms with Gasteiger partial charge in [-0.25, -0.2) is 0 Å². The van der Waals surface area contributed by atoms with E-state index in [0.29, 0.717) is 0 Å². The lowest BCUT2D eigenvalue weighted by atomic mass is 9.93. The van der Waals surface area contributed by atoms with Crippen LogP contribution in [0.2, 0.25) is 0 Å². The molecule has 0 aliphatic heterocycles. The van der Waals surface area contributed by atoms with Gasteiger partial charge in [-0.1, -0.05) is 0 Å². The normalized spacial score (nSPS) is 11.4. The van der Waals surface area contributed by atoms with Crippen molar-refractivity contribution in [1.29, 1.82) is 0 Å². The molecule has 0 bridgehead atoms. The fourth-order valence-corrected chi connectivity index (χ4v) is 0.636. The smallest absolute Gasteiger partial charge is 0.320 e. The number of aliphatic hydroxyl groups is 3. The van der Waals surface area contributed by atoms with Crippen LogP contribution in [0, 0.1) is 5.41 Å². The van der Waals surface area contributed by atoms with Crippen molar-refractivity contribution >= 4 is 17.6 Å². The second kappa shape index (κ2) is 6.15. The minimum Gasteiger partial charge on any atom is -0.464 e. The summed E-state index contributed by atoms with van der Waals surface area (Å²) < 4.78 is 4.58. The highest BCUT2D eigenvalue weighted by molar-refractivity contribution is 6.26. The third kappa shape index (κ3) is 3.91. The predicted octanol–water partition coefficient (Wildman–Crippen LogP) is -1.27. The van der Waals surface area contributed by atoms with Gasteiger partial charge in [0.25, 0.3) is 0 Å². The average Bonchev–Trinajstić information content (AvgIpc) is 2.20. The Morgan fingerprint density at radius 2 is 1.69 bits per heavy atom. The highest BCUT2D eigenvalue weighted by Crippen LogP contribution is 2.14. The number of hydrogen-bond donors (Lipinski definition) is 3. The fraction of sp³-hybridized carbons (Fsp3) is 0.857. The van der Waals surface area contributed by atoms with Gasteiger partial charge in [-0.3, -0.25) is 4.79 Å². The zero-order chi connectivity index (χ0) is 10.3. The standard InChI is InChI=1S/C7H13ClO5/c8-1-6(12)13-5-7(2-9,3-10)4-11/h9-11H,1-5H2. The molecule has 0 spiro atoms. The van der Waals surface area contributed by atoms with Gasteiger partial charge in [0.05, 0.1) is 25.2 Å². The van der Waals surface area contributed by atoms with Gasteiger partial charge in [0.15, 0.2) is 0 Å². The fourth-order valence-electron chi connectivity index (χ4n) is 0.559. The van der Waals surface area contributed by atoms with Gasteiger partial charge in [0, 0.05) is 0 Å². The van der Waals surface area contributed by atoms with Crippen molar-refractivity contribution in [1.82, 2.24) is 0 Å². The third-order valence-corrected chi connectivity index (χ3v) is 1.87. The Bertz CT molecular complexity index is 149. The predicted molar refractivity (Wildman–Crippen MR) is 45.4 cm³/mol. The molecule has 0 amide bonds. The molecule has 0 fully saturated rings. The molecule has 3 N–H and O–H groups in total. The minimum absolute atomic E-state index is 0.248. The van der Waals surface area contributed by atoms with Crippen molar-refractivity contribution in [3.63, 3.8) is 0 Å². The maximum Gasteiger partial charge on any atom is 0.320 e. The van der Waals surface area contributed by atoms with Crippen LogP contribution in [0.3, 0.4) is 0 Å². The molecule has 0 aliphatic rings. The summed E-state index contributed by atoms with van der Waals surface area (Å²) in [6.45, 7) is -1.64. The molecule has 0 saturated carbocycles. The second-order valence-electron chi connectivity index (χ2n) is 2.77. The second-order valence-corrected chi connectivity index (χ2v) is 3.04. The van der Waals surface area contributed by atoms with Crippen LogP contribution in [0.5, 0.6) is 0 Å². The Labute approximate surface area is 80.9 Å². The number of carbonyl (C=O) groups is 1. The zero-order valence-electron chi connectivity index (χ0n) is 7.07. The number of esters is 1. The molecule has 0 aromatic heterocycles. The Morgan fingerprint density at radius 3 is 2.00 bits per heavy atom. The molecule has 0 aromatic rings. The molecule has 6 heteroatoms. The Balaban J connectivity index is 4.02. The van der Waals surface area contributed by atoms with E-state index in [1.165, 1.54) is 0 Å². The van der Waals surface area contributed by atoms with Gasteiger partial charge in [-0.05, 0) is 0 Å². The molecule has 0 saturated heterocycles. The lowest BCUT2D eigenvalue weighted by molar-refractivity contribution is -0.148. The maximum atomic E-state index is 10.6. The minimum atomic E-state index is -1.18. The number of rotatable bonds is 6. The zero-order valence-corrected chi connectivity index (χ0v) is 7.83. The molecule has 5 nitrogen and oxygen atoms in total. The topological polar surface area (TPSA) is 87.0 Å². The summed E-state index contributed by atoms with van der Waals surface area (Å²) >= 11 is 5.15. The van der Waals surface area contributed by atoms with E-state index < -0.39 is 31.2 Å². The Hall–Kier alpha value is -0.360. The number of aliphatic hydroxyl groups excluding tert-OH is 3. The van der Waals surface area contributed by atoms with E-state index in [1.807, 2.05) is 0 Å². The van der Waals surface area contributed by atoms with Crippen LogP contribution in [0.15, 0.2) is 0 Å². The summed E-state index contributed by atoms with van der Waals surface area (Å²) in [5, 5.41) is 26.5. The van der Waals surface area contributed by atoms with E-state index in [-0.39, 0.29) is 12.5 Å². The monoisotopic (exact) mass is 212 g/mol. The molecule has 0 aliphatic carbocycles. The van der Waals surface area contributed by atoms with E-state index in [2.05, 4.69) is 4.74 Å². The van der Waals surface area contributed by atoms with E-state index in [9.17, 15) is 4.79 Å².